The van der Waals surface area contributed by atoms with Gasteiger partial charge in [0.25, 0.3) is 0 Å². The maximum Gasteiger partial charge on any atom is 0.0641 e. The zero-order valence-corrected chi connectivity index (χ0v) is 6.55. The van der Waals surface area contributed by atoms with Gasteiger partial charge in [-0.25, -0.2) is 0 Å². The SMILES string of the molecule is C[C@H](O)[C@H](C)C(C)(C)O. The molecule has 0 fully saturated rings. The summed E-state index contributed by atoms with van der Waals surface area (Å²) in [4.78, 5) is 0. The lowest BCUT2D eigenvalue weighted by Gasteiger charge is -2.27. The van der Waals surface area contributed by atoms with Crippen LogP contribution in [0.3, 0.4) is 0 Å². The largest absolute Gasteiger partial charge is 0.393 e. The highest BCUT2D eigenvalue weighted by Gasteiger charge is 2.25. The third-order valence-electron chi connectivity index (χ3n) is 1.84. The van der Waals surface area contributed by atoms with E-state index < -0.39 is 11.7 Å². The van der Waals surface area contributed by atoms with Crippen LogP contribution in [-0.2, 0) is 0 Å². The van der Waals surface area contributed by atoms with Gasteiger partial charge in [0, 0.05) is 5.92 Å². The van der Waals surface area contributed by atoms with E-state index in [0.717, 1.165) is 0 Å². The molecule has 0 aliphatic carbocycles. The molecule has 2 N–H and O–H groups in total. The summed E-state index contributed by atoms with van der Waals surface area (Å²) in [6, 6.07) is 0. The average Bonchev–Trinajstić information content (AvgIpc) is 1.62. The van der Waals surface area contributed by atoms with Crippen molar-refractivity contribution in [1.29, 1.82) is 0 Å². The van der Waals surface area contributed by atoms with E-state index in [1.165, 1.54) is 0 Å². The molecule has 0 unspecified atom stereocenters. The van der Waals surface area contributed by atoms with Crippen molar-refractivity contribution in [2.45, 2.75) is 39.4 Å². The van der Waals surface area contributed by atoms with Crippen molar-refractivity contribution in [3.63, 3.8) is 0 Å². The Balaban J connectivity index is 3.88. The highest BCUT2D eigenvalue weighted by Crippen LogP contribution is 2.18. The minimum atomic E-state index is -0.770. The normalized spacial score (nSPS) is 19.3. The molecule has 0 amide bonds. The molecule has 2 nitrogen and oxygen atoms in total. The molecule has 2 atom stereocenters. The van der Waals surface area contributed by atoms with Crippen molar-refractivity contribution in [1.82, 2.24) is 0 Å². The maximum absolute atomic E-state index is 9.30. The summed E-state index contributed by atoms with van der Waals surface area (Å²) in [5.41, 5.74) is -0.770. The molecule has 0 heterocycles. The second-order valence-electron chi connectivity index (χ2n) is 3.18. The summed E-state index contributed by atoms with van der Waals surface area (Å²) in [5, 5.41) is 18.3. The number of aliphatic hydroxyl groups excluding tert-OH is 1. The molecule has 0 radical (unpaired) electrons. The molecule has 0 spiro atoms. The van der Waals surface area contributed by atoms with Gasteiger partial charge in [0.2, 0.25) is 0 Å². The highest BCUT2D eigenvalue weighted by molar-refractivity contribution is 4.76. The molecule has 0 aliphatic heterocycles. The molecular formula is C7H16O2. The lowest BCUT2D eigenvalue weighted by Crippen LogP contribution is -2.35. The molecular weight excluding hydrogens is 116 g/mol. The third-order valence-corrected chi connectivity index (χ3v) is 1.84. The second kappa shape index (κ2) is 2.67. The first kappa shape index (κ1) is 8.92. The molecule has 0 rings (SSSR count). The summed E-state index contributed by atoms with van der Waals surface area (Å²) in [5.74, 6) is -0.0718. The van der Waals surface area contributed by atoms with Gasteiger partial charge in [-0.3, -0.25) is 0 Å². The van der Waals surface area contributed by atoms with Crippen LogP contribution < -0.4 is 0 Å². The van der Waals surface area contributed by atoms with E-state index in [1.54, 1.807) is 20.8 Å². The van der Waals surface area contributed by atoms with Crippen molar-refractivity contribution in [2.24, 2.45) is 5.92 Å². The van der Waals surface area contributed by atoms with Gasteiger partial charge in [-0.1, -0.05) is 6.92 Å². The van der Waals surface area contributed by atoms with Crippen LogP contribution in [0.1, 0.15) is 27.7 Å². The van der Waals surface area contributed by atoms with Crippen LogP contribution in [0.4, 0.5) is 0 Å². The van der Waals surface area contributed by atoms with Crippen molar-refractivity contribution in [3.8, 4) is 0 Å². The van der Waals surface area contributed by atoms with E-state index in [1.807, 2.05) is 6.92 Å². The number of aliphatic hydroxyl groups is 2. The Morgan fingerprint density at radius 1 is 1.22 bits per heavy atom. The molecule has 2 heteroatoms. The topological polar surface area (TPSA) is 40.5 Å². The quantitative estimate of drug-likeness (QED) is 0.582. The third kappa shape index (κ3) is 2.82. The van der Waals surface area contributed by atoms with E-state index in [4.69, 9.17) is 5.11 Å². The predicted octanol–water partition coefficient (Wildman–Crippen LogP) is 0.774. The van der Waals surface area contributed by atoms with Gasteiger partial charge < -0.3 is 10.2 Å². The van der Waals surface area contributed by atoms with Crippen LogP contribution in [0, 0.1) is 5.92 Å². The Hall–Kier alpha value is -0.0800. The van der Waals surface area contributed by atoms with Crippen molar-refractivity contribution >= 4 is 0 Å². The van der Waals surface area contributed by atoms with Gasteiger partial charge in [-0.15, -0.1) is 0 Å². The second-order valence-corrected chi connectivity index (χ2v) is 3.18. The Morgan fingerprint density at radius 3 is 1.56 bits per heavy atom. The first-order valence-corrected chi connectivity index (χ1v) is 3.26. The monoisotopic (exact) mass is 132 g/mol. The van der Waals surface area contributed by atoms with Crippen LogP contribution in [0.15, 0.2) is 0 Å². The molecule has 0 aliphatic rings. The van der Waals surface area contributed by atoms with E-state index in [-0.39, 0.29) is 5.92 Å². The van der Waals surface area contributed by atoms with E-state index >= 15 is 0 Å². The van der Waals surface area contributed by atoms with Crippen molar-refractivity contribution in [3.05, 3.63) is 0 Å². The summed E-state index contributed by atoms with van der Waals surface area (Å²) >= 11 is 0. The first-order valence-electron chi connectivity index (χ1n) is 3.26. The van der Waals surface area contributed by atoms with Gasteiger partial charge in [0.1, 0.15) is 0 Å². The Bertz CT molecular complexity index is 81.4. The average molecular weight is 132 g/mol. The van der Waals surface area contributed by atoms with E-state index in [0.29, 0.717) is 0 Å². The van der Waals surface area contributed by atoms with E-state index in [9.17, 15) is 5.11 Å². The van der Waals surface area contributed by atoms with Gasteiger partial charge in [0.05, 0.1) is 11.7 Å². The predicted molar refractivity (Wildman–Crippen MR) is 37.1 cm³/mol. The number of hydrogen-bond donors (Lipinski definition) is 2. The Labute approximate surface area is 56.5 Å². The standard InChI is InChI=1S/C7H16O2/c1-5(6(2)8)7(3,4)9/h5-6,8-9H,1-4H3/t5-,6-/m0/s1. The first-order chi connectivity index (χ1) is 3.85. The number of hydrogen-bond acceptors (Lipinski definition) is 2. The van der Waals surface area contributed by atoms with Crippen LogP contribution in [0.2, 0.25) is 0 Å². The molecule has 0 aromatic carbocycles. The summed E-state index contributed by atoms with van der Waals surface area (Å²) in [7, 11) is 0. The fraction of sp³-hybridized carbons (Fsp3) is 1.00. The zero-order chi connectivity index (χ0) is 7.65. The Kier molecular flexibility index (Phi) is 2.65. The molecule has 0 saturated heterocycles. The fourth-order valence-electron chi connectivity index (χ4n) is 0.590. The molecule has 0 bridgehead atoms. The summed E-state index contributed by atoms with van der Waals surface area (Å²) in [6.45, 7) is 6.90. The zero-order valence-electron chi connectivity index (χ0n) is 6.55. The van der Waals surface area contributed by atoms with Crippen LogP contribution in [-0.4, -0.2) is 21.9 Å². The molecule has 9 heavy (non-hydrogen) atoms. The van der Waals surface area contributed by atoms with Crippen LogP contribution in [0.25, 0.3) is 0 Å². The molecule has 56 valence electrons. The molecule has 0 saturated carbocycles. The smallest absolute Gasteiger partial charge is 0.0641 e. The minimum absolute atomic E-state index is 0.0718. The van der Waals surface area contributed by atoms with Gasteiger partial charge in [-0.05, 0) is 20.8 Å². The Morgan fingerprint density at radius 2 is 1.56 bits per heavy atom. The van der Waals surface area contributed by atoms with Crippen molar-refractivity contribution in [2.75, 3.05) is 0 Å². The number of rotatable bonds is 2. The highest BCUT2D eigenvalue weighted by atomic mass is 16.3. The van der Waals surface area contributed by atoms with Crippen molar-refractivity contribution < 1.29 is 10.2 Å². The summed E-state index contributed by atoms with van der Waals surface area (Å²) < 4.78 is 0. The van der Waals surface area contributed by atoms with Crippen LogP contribution >= 0.6 is 0 Å². The summed E-state index contributed by atoms with van der Waals surface area (Å²) in [6.07, 6.45) is -0.440. The molecule has 0 aromatic rings. The van der Waals surface area contributed by atoms with Gasteiger partial charge in [0.15, 0.2) is 0 Å². The van der Waals surface area contributed by atoms with Gasteiger partial charge >= 0.3 is 0 Å². The minimum Gasteiger partial charge on any atom is -0.393 e. The maximum atomic E-state index is 9.30. The fourth-order valence-corrected chi connectivity index (χ4v) is 0.590. The van der Waals surface area contributed by atoms with E-state index in [2.05, 4.69) is 0 Å². The molecule has 0 aromatic heterocycles. The van der Waals surface area contributed by atoms with Gasteiger partial charge in [-0.2, -0.15) is 0 Å². The lowest BCUT2D eigenvalue weighted by atomic mass is 9.89. The lowest BCUT2D eigenvalue weighted by molar-refractivity contribution is -0.0310. The van der Waals surface area contributed by atoms with Crippen LogP contribution in [0.5, 0.6) is 0 Å².